The summed E-state index contributed by atoms with van der Waals surface area (Å²) in [5, 5.41) is 14.1. The highest BCUT2D eigenvalue weighted by atomic mass is 15.1. The number of rotatable bonds is 2. The van der Waals surface area contributed by atoms with Crippen LogP contribution in [0.15, 0.2) is 103 Å². The Morgan fingerprint density at radius 3 is 1.77 bits per heavy atom. The third kappa shape index (κ3) is 2.82. The summed E-state index contributed by atoms with van der Waals surface area (Å²) in [6.45, 7) is 2.10. The Bertz CT molecular complexity index is 1990. The molecule has 0 saturated heterocycles. The molecule has 0 atom stereocenters. The molecular formula is C31H72N4. The highest BCUT2D eigenvalue weighted by molar-refractivity contribution is 6.10. The van der Waals surface area contributed by atoms with Gasteiger partial charge in [0.25, 0.3) is 0 Å². The molecule has 4 heteroatoms. The zero-order valence-corrected chi connectivity index (χ0v) is 19.1. The topological polar surface area (TPSA) is 46.5 Å². The van der Waals surface area contributed by atoms with Crippen LogP contribution in [0.3, 0.4) is 0 Å². The van der Waals surface area contributed by atoms with E-state index in [1.165, 1.54) is 16.3 Å². The number of nitrogens with zero attached hydrogens (tertiary/aromatic N) is 4. The van der Waals surface area contributed by atoms with Crippen LogP contribution >= 0.6 is 0 Å². The molecule has 4 aromatic carbocycles. The first-order valence-electron chi connectivity index (χ1n) is 11.6. The summed E-state index contributed by atoms with van der Waals surface area (Å²) in [6, 6.07) is 37.7. The molecule has 0 aliphatic heterocycles. The summed E-state index contributed by atoms with van der Waals surface area (Å²) in [5.74, 6) is 1.72. The van der Waals surface area contributed by atoms with Gasteiger partial charge in [-0.25, -0.2) is 4.98 Å². The Labute approximate surface area is 240 Å². The lowest BCUT2D eigenvalue weighted by Crippen LogP contribution is -2.03. The van der Waals surface area contributed by atoms with Crippen molar-refractivity contribution in [2.75, 3.05) is 0 Å². The number of aromatic nitrogens is 3. The average molecular weight is 501 g/mol. The summed E-state index contributed by atoms with van der Waals surface area (Å²) >= 11 is 0. The fraction of sp³-hybridized carbons (Fsp3) is 0.0323. The molecule has 0 fully saturated rings. The van der Waals surface area contributed by atoms with Crippen molar-refractivity contribution in [2.45, 2.75) is 6.92 Å². The van der Waals surface area contributed by atoms with E-state index in [4.69, 9.17) is 4.98 Å². The lowest BCUT2D eigenvalue weighted by Gasteiger charge is -2.11. The number of hydrogen-bond donors (Lipinski definition) is 0. The van der Waals surface area contributed by atoms with Crippen molar-refractivity contribution >= 4 is 43.6 Å². The van der Waals surface area contributed by atoms with Crippen LogP contribution in [0.4, 0.5) is 0 Å². The Balaban J connectivity index is -0.0000000359. The van der Waals surface area contributed by atoms with Crippen LogP contribution in [0, 0.1) is 18.3 Å². The maximum absolute atomic E-state index is 9.49. The number of fused-ring (bicyclic) bond motifs is 6. The van der Waals surface area contributed by atoms with E-state index >= 15 is 0 Å². The predicted molar refractivity (Wildman–Crippen MR) is 197 cm³/mol. The summed E-state index contributed by atoms with van der Waals surface area (Å²) < 4.78 is 4.43. The summed E-state index contributed by atoms with van der Waals surface area (Å²) in [6.07, 6.45) is 0. The maximum Gasteiger partial charge on any atom is 0.140 e. The van der Waals surface area contributed by atoms with Gasteiger partial charge in [0.15, 0.2) is 0 Å². The normalized spacial score (nSPS) is 11.5. The molecule has 0 spiro atoms. The third-order valence-corrected chi connectivity index (χ3v) is 6.81. The van der Waals surface area contributed by atoms with Crippen molar-refractivity contribution in [2.24, 2.45) is 0 Å². The molecule has 3 heterocycles. The van der Waals surface area contributed by atoms with E-state index in [9.17, 15) is 5.26 Å². The smallest absolute Gasteiger partial charge is 0.140 e. The zero-order chi connectivity index (χ0) is 23.5. The van der Waals surface area contributed by atoms with Gasteiger partial charge in [-0.15, -0.1) is 0 Å². The molecule has 0 aliphatic carbocycles. The molecule has 0 N–H and O–H groups in total. The molecule has 35 heavy (non-hydrogen) atoms. The fourth-order valence-corrected chi connectivity index (χ4v) is 5.28. The summed E-state index contributed by atoms with van der Waals surface area (Å²) in [7, 11) is 0. The van der Waals surface area contributed by atoms with Crippen LogP contribution < -0.4 is 0 Å². The van der Waals surface area contributed by atoms with Crippen LogP contribution in [-0.2, 0) is 0 Å². The van der Waals surface area contributed by atoms with E-state index in [-0.39, 0.29) is 37.1 Å². The highest BCUT2D eigenvalue weighted by Gasteiger charge is 2.16. The van der Waals surface area contributed by atoms with Crippen LogP contribution in [0.2, 0.25) is 0 Å². The van der Waals surface area contributed by atoms with Crippen LogP contribution in [0.5, 0.6) is 0 Å². The molecule has 0 aliphatic rings. The van der Waals surface area contributed by atoms with Gasteiger partial charge < -0.3 is 0 Å². The Hall–Kier alpha value is -4.88. The minimum atomic E-state index is 0. The maximum atomic E-state index is 9.49. The van der Waals surface area contributed by atoms with Gasteiger partial charge in [0.2, 0.25) is 0 Å². The van der Waals surface area contributed by atoms with E-state index in [1.54, 1.807) is 0 Å². The van der Waals surface area contributed by atoms with E-state index in [1.807, 2.05) is 24.3 Å². The lowest BCUT2D eigenvalue weighted by molar-refractivity contribution is 1.01. The number of hydrogen-bond acceptors (Lipinski definition) is 2. The SMILES string of the molecule is Cc1ccc2c(c1)c1cc(C#N)ccc1n2-c1cccc(-n2c3ccccc3c3ccccc32)n1.[HH].[HH].[HH].[HH].[HH].[HH].[HH].[HH].[HH].[HH].[HH].[HH].[HH].[HH].[HH].[HH].[HH].[HH].[HH].[HH].[HH].[HH].[HH].[HH].[HH].[HH]. The molecule has 0 unspecified atom stereocenters. The summed E-state index contributed by atoms with van der Waals surface area (Å²) in [5.41, 5.74) is 6.23. The molecule has 216 valence electrons. The molecule has 0 radical (unpaired) electrons. The zero-order valence-electron chi connectivity index (χ0n) is 19.1. The first-order chi connectivity index (χ1) is 17.2. The van der Waals surface area contributed by atoms with E-state index in [0.29, 0.717) is 5.56 Å². The van der Waals surface area contributed by atoms with Gasteiger partial charge in [0, 0.05) is 58.6 Å². The number of benzene rings is 4. The van der Waals surface area contributed by atoms with Gasteiger partial charge in [0.05, 0.1) is 33.7 Å². The van der Waals surface area contributed by atoms with Gasteiger partial charge in [0.1, 0.15) is 11.6 Å². The Morgan fingerprint density at radius 2 is 1.14 bits per heavy atom. The average Bonchev–Trinajstić information content (AvgIpc) is 3.41. The molecule has 3 aromatic heterocycles. The molecule has 7 aromatic rings. The van der Waals surface area contributed by atoms with E-state index in [0.717, 1.165) is 44.5 Å². The van der Waals surface area contributed by atoms with Crippen LogP contribution in [-0.4, -0.2) is 14.1 Å². The molecule has 7 rings (SSSR count). The first kappa shape index (κ1) is 19.6. The molecule has 0 saturated carbocycles. The van der Waals surface area contributed by atoms with Gasteiger partial charge in [-0.3, -0.25) is 9.13 Å². The van der Waals surface area contributed by atoms with Crippen molar-refractivity contribution in [1.29, 1.82) is 5.26 Å². The standard InChI is InChI=1S/C31H20N4.26H2/c1-20-13-15-28-24(17-20)25-18-21(19-32)14-16-29(25)35(28)31-12-6-11-30(33-31)34-26-9-4-2-7-22(26)23-8-3-5-10-27(23)34;;;;;;;;;;;;;;;;;;;;;;;;;;/h2-18H,1H3;26*1H. The molecular weight excluding hydrogens is 428 g/mol. The van der Waals surface area contributed by atoms with E-state index in [2.05, 4.69) is 101 Å². The van der Waals surface area contributed by atoms with Crippen molar-refractivity contribution in [3.63, 3.8) is 0 Å². The first-order valence-corrected chi connectivity index (χ1v) is 11.6. The quantitative estimate of drug-likeness (QED) is 0.237. The van der Waals surface area contributed by atoms with Crippen LogP contribution in [0.25, 0.3) is 55.2 Å². The van der Waals surface area contributed by atoms with Crippen molar-refractivity contribution in [1.82, 2.24) is 14.1 Å². The van der Waals surface area contributed by atoms with Gasteiger partial charge in [-0.05, 0) is 61.5 Å². The van der Waals surface area contributed by atoms with Crippen molar-refractivity contribution in [3.05, 3.63) is 114 Å². The number of aryl methyl sites for hydroxylation is 1. The molecule has 0 amide bonds. The second-order valence-electron chi connectivity index (χ2n) is 8.92. The van der Waals surface area contributed by atoms with E-state index < -0.39 is 0 Å². The summed E-state index contributed by atoms with van der Waals surface area (Å²) in [4.78, 5) is 5.18. The minimum absolute atomic E-state index is 0. The van der Waals surface area contributed by atoms with Gasteiger partial charge >= 0.3 is 0 Å². The Kier molecular flexibility index (Phi) is 4.09. The predicted octanol–water partition coefficient (Wildman–Crippen LogP) is 13.9. The number of nitriles is 1. The second-order valence-corrected chi connectivity index (χ2v) is 8.92. The number of pyridine rings is 1. The van der Waals surface area contributed by atoms with Crippen LogP contribution in [0.1, 0.15) is 48.2 Å². The van der Waals surface area contributed by atoms with Crippen molar-refractivity contribution in [3.8, 4) is 17.7 Å². The molecule has 4 nitrogen and oxygen atoms in total. The van der Waals surface area contributed by atoms with Gasteiger partial charge in [-0.2, -0.15) is 5.26 Å². The lowest BCUT2D eigenvalue weighted by atomic mass is 10.1. The molecule has 0 bridgehead atoms. The fourth-order valence-electron chi connectivity index (χ4n) is 5.28. The third-order valence-electron chi connectivity index (χ3n) is 6.81. The monoisotopic (exact) mass is 501 g/mol. The Morgan fingerprint density at radius 1 is 0.600 bits per heavy atom. The largest absolute Gasteiger partial charge is 0.294 e. The second kappa shape index (κ2) is 7.31. The van der Waals surface area contributed by atoms with Crippen molar-refractivity contribution < 1.29 is 37.1 Å². The highest BCUT2D eigenvalue weighted by Crippen LogP contribution is 2.34. The number of para-hydroxylation sites is 2. The minimum Gasteiger partial charge on any atom is -0.294 e. The van der Waals surface area contributed by atoms with Gasteiger partial charge in [-0.1, -0.05) is 54.1 Å².